The minimum Gasteiger partial charge on any atom is -0.402 e. The van der Waals surface area contributed by atoms with E-state index >= 15 is 0 Å². The van der Waals surface area contributed by atoms with Gasteiger partial charge in [0.25, 0.3) is 5.91 Å². The Bertz CT molecular complexity index is 1200. The van der Waals surface area contributed by atoms with E-state index in [1.54, 1.807) is 6.92 Å². The smallest absolute Gasteiger partial charge is 0.361 e. The Balaban J connectivity index is 1.74. The van der Waals surface area contributed by atoms with Crippen molar-refractivity contribution in [2.45, 2.75) is 6.92 Å². The van der Waals surface area contributed by atoms with E-state index in [2.05, 4.69) is 10.4 Å². The SMILES string of the molecule is Cc1nn(-c2ccccc2)c2oc(=O)c(NC(=O)c3ccc(F)cc3)cc12. The second kappa shape index (κ2) is 6.53. The lowest BCUT2D eigenvalue weighted by Crippen LogP contribution is -2.18. The largest absolute Gasteiger partial charge is 0.402 e. The average molecular weight is 363 g/mol. The molecule has 0 radical (unpaired) electrons. The van der Waals surface area contributed by atoms with Crippen LogP contribution in [0.3, 0.4) is 0 Å². The van der Waals surface area contributed by atoms with Gasteiger partial charge < -0.3 is 9.73 Å². The molecule has 4 aromatic rings. The minimum absolute atomic E-state index is 0.00691. The predicted octanol–water partition coefficient (Wildman–Crippen LogP) is 3.68. The number of nitrogens with zero attached hydrogens (tertiary/aromatic N) is 2. The van der Waals surface area contributed by atoms with Gasteiger partial charge in [-0.3, -0.25) is 4.79 Å². The molecule has 0 unspecified atom stereocenters. The van der Waals surface area contributed by atoms with Crippen LogP contribution in [0.25, 0.3) is 16.8 Å². The standard InChI is InChI=1S/C20H14FN3O3/c1-12-16-11-17(22-18(25)13-7-9-14(21)10-8-13)20(26)27-19(16)24(23-12)15-5-3-2-4-6-15/h2-11H,1H3,(H,22,25). The second-order valence-electron chi connectivity index (χ2n) is 5.96. The molecule has 4 rings (SSSR count). The van der Waals surface area contributed by atoms with Gasteiger partial charge in [0.1, 0.15) is 11.5 Å². The van der Waals surface area contributed by atoms with Crippen molar-refractivity contribution in [2.75, 3.05) is 5.32 Å². The minimum atomic E-state index is -0.699. The van der Waals surface area contributed by atoms with Crippen LogP contribution in [0.15, 0.2) is 69.9 Å². The molecular weight excluding hydrogens is 349 g/mol. The molecule has 7 heteroatoms. The molecule has 6 nitrogen and oxygen atoms in total. The molecule has 0 aliphatic carbocycles. The summed E-state index contributed by atoms with van der Waals surface area (Å²) < 4.78 is 20.0. The van der Waals surface area contributed by atoms with Crippen LogP contribution < -0.4 is 10.9 Å². The summed E-state index contributed by atoms with van der Waals surface area (Å²) in [6.07, 6.45) is 0. The fourth-order valence-corrected chi connectivity index (χ4v) is 2.76. The fraction of sp³-hybridized carbons (Fsp3) is 0.0500. The first-order valence-electron chi connectivity index (χ1n) is 8.19. The average Bonchev–Trinajstić information content (AvgIpc) is 2.99. The number of carbonyl (C=O) groups excluding carboxylic acids is 1. The van der Waals surface area contributed by atoms with Crippen molar-refractivity contribution < 1.29 is 13.6 Å². The monoisotopic (exact) mass is 363 g/mol. The molecule has 0 saturated heterocycles. The summed E-state index contributed by atoms with van der Waals surface area (Å²) in [5, 5.41) is 7.53. The van der Waals surface area contributed by atoms with Crippen LogP contribution in [0.1, 0.15) is 16.1 Å². The Morgan fingerprint density at radius 3 is 2.52 bits per heavy atom. The highest BCUT2D eigenvalue weighted by molar-refractivity contribution is 6.04. The maximum Gasteiger partial charge on any atom is 0.361 e. The molecule has 1 amide bonds. The number of rotatable bonds is 3. The van der Waals surface area contributed by atoms with E-state index in [4.69, 9.17) is 4.42 Å². The molecule has 0 fully saturated rings. The van der Waals surface area contributed by atoms with E-state index in [0.717, 1.165) is 5.69 Å². The van der Waals surface area contributed by atoms with Gasteiger partial charge in [0.2, 0.25) is 5.71 Å². The van der Waals surface area contributed by atoms with Gasteiger partial charge in [-0.2, -0.15) is 9.78 Å². The van der Waals surface area contributed by atoms with Gasteiger partial charge in [-0.15, -0.1) is 0 Å². The first-order valence-corrected chi connectivity index (χ1v) is 8.19. The summed E-state index contributed by atoms with van der Waals surface area (Å²) in [5.74, 6) is -0.980. The van der Waals surface area contributed by atoms with Crippen LogP contribution in [0.4, 0.5) is 10.1 Å². The topological polar surface area (TPSA) is 77.1 Å². The van der Waals surface area contributed by atoms with Crippen LogP contribution in [0, 0.1) is 12.7 Å². The number of carbonyl (C=O) groups is 1. The number of para-hydroxylation sites is 1. The number of halogens is 1. The third-order valence-corrected chi connectivity index (χ3v) is 4.12. The van der Waals surface area contributed by atoms with Crippen molar-refractivity contribution in [2.24, 2.45) is 0 Å². The van der Waals surface area contributed by atoms with Gasteiger partial charge in [0.05, 0.1) is 16.8 Å². The summed E-state index contributed by atoms with van der Waals surface area (Å²) in [6.45, 7) is 1.79. The number of amides is 1. The molecule has 0 bridgehead atoms. The van der Waals surface area contributed by atoms with Gasteiger partial charge in [-0.25, -0.2) is 9.18 Å². The van der Waals surface area contributed by atoms with Crippen molar-refractivity contribution >= 4 is 22.7 Å². The highest BCUT2D eigenvalue weighted by atomic mass is 19.1. The highest BCUT2D eigenvalue weighted by Gasteiger charge is 2.16. The first kappa shape index (κ1) is 16.7. The van der Waals surface area contributed by atoms with E-state index in [1.165, 1.54) is 35.0 Å². The molecule has 1 N–H and O–H groups in total. The molecule has 0 spiro atoms. The zero-order valence-corrected chi connectivity index (χ0v) is 14.3. The second-order valence-corrected chi connectivity index (χ2v) is 5.96. The molecule has 0 aliphatic heterocycles. The summed E-state index contributed by atoms with van der Waals surface area (Å²) in [7, 11) is 0. The summed E-state index contributed by atoms with van der Waals surface area (Å²) >= 11 is 0. The van der Waals surface area contributed by atoms with Crippen LogP contribution in [0.5, 0.6) is 0 Å². The Hall–Kier alpha value is -3.74. The molecule has 134 valence electrons. The zero-order valence-electron chi connectivity index (χ0n) is 14.3. The fourth-order valence-electron chi connectivity index (χ4n) is 2.76. The molecular formula is C20H14FN3O3. The molecule has 27 heavy (non-hydrogen) atoms. The molecule has 2 aromatic carbocycles. The number of aryl methyl sites for hydroxylation is 1. The van der Waals surface area contributed by atoms with Crippen LogP contribution >= 0.6 is 0 Å². The Kier molecular flexibility index (Phi) is 4.04. The van der Waals surface area contributed by atoms with Crippen molar-refractivity contribution in [3.63, 3.8) is 0 Å². The Labute approximate surface area is 152 Å². The number of benzene rings is 2. The summed E-state index contributed by atoms with van der Waals surface area (Å²) in [5.41, 5.74) is 1.22. The number of hydrogen-bond acceptors (Lipinski definition) is 4. The van der Waals surface area contributed by atoms with Crippen molar-refractivity contribution in [1.82, 2.24) is 9.78 Å². The quantitative estimate of drug-likeness (QED) is 0.602. The lowest BCUT2D eigenvalue weighted by molar-refractivity contribution is 0.102. The first-order chi connectivity index (χ1) is 13.0. The van der Waals surface area contributed by atoms with Crippen LogP contribution in [-0.4, -0.2) is 15.7 Å². The van der Waals surface area contributed by atoms with Crippen LogP contribution in [0.2, 0.25) is 0 Å². The van der Waals surface area contributed by atoms with Gasteiger partial charge in [-0.05, 0) is 49.4 Å². The Morgan fingerprint density at radius 2 is 1.81 bits per heavy atom. The molecule has 0 aliphatic rings. The van der Waals surface area contributed by atoms with Gasteiger partial charge >= 0.3 is 5.63 Å². The lowest BCUT2D eigenvalue weighted by atomic mass is 10.2. The van der Waals surface area contributed by atoms with Crippen molar-refractivity contribution in [3.05, 3.63) is 88.2 Å². The Morgan fingerprint density at radius 1 is 1.11 bits per heavy atom. The normalized spacial score (nSPS) is 10.9. The van der Waals surface area contributed by atoms with Gasteiger partial charge in [0.15, 0.2) is 0 Å². The van der Waals surface area contributed by atoms with E-state index in [1.807, 2.05) is 30.3 Å². The van der Waals surface area contributed by atoms with Gasteiger partial charge in [-0.1, -0.05) is 18.2 Å². The van der Waals surface area contributed by atoms with E-state index in [-0.39, 0.29) is 11.3 Å². The molecule has 0 atom stereocenters. The molecule has 0 saturated carbocycles. The number of hydrogen-bond donors (Lipinski definition) is 1. The number of nitrogens with one attached hydrogen (secondary N) is 1. The number of fused-ring (bicyclic) bond motifs is 1. The van der Waals surface area contributed by atoms with Crippen molar-refractivity contribution in [3.8, 4) is 5.69 Å². The maximum absolute atomic E-state index is 13.0. The molecule has 2 aromatic heterocycles. The van der Waals surface area contributed by atoms with E-state index in [0.29, 0.717) is 16.8 Å². The maximum atomic E-state index is 13.0. The summed E-state index contributed by atoms with van der Waals surface area (Å²) in [4.78, 5) is 24.7. The number of anilines is 1. The zero-order chi connectivity index (χ0) is 19.0. The third-order valence-electron chi connectivity index (χ3n) is 4.12. The van der Waals surface area contributed by atoms with E-state index in [9.17, 15) is 14.0 Å². The third kappa shape index (κ3) is 3.10. The van der Waals surface area contributed by atoms with Crippen LogP contribution in [-0.2, 0) is 0 Å². The van der Waals surface area contributed by atoms with Crippen molar-refractivity contribution in [1.29, 1.82) is 0 Å². The highest BCUT2D eigenvalue weighted by Crippen LogP contribution is 2.23. The van der Waals surface area contributed by atoms with Gasteiger partial charge in [0, 0.05) is 5.56 Å². The van der Waals surface area contributed by atoms with E-state index < -0.39 is 17.3 Å². The summed E-state index contributed by atoms with van der Waals surface area (Å²) in [6, 6.07) is 15.8. The predicted molar refractivity (Wildman–Crippen MR) is 98.7 cm³/mol. The molecule has 2 heterocycles. The number of aromatic nitrogens is 2. The lowest BCUT2D eigenvalue weighted by Gasteiger charge is -2.05.